The van der Waals surface area contributed by atoms with Crippen LogP contribution >= 0.6 is 7.82 Å². The minimum Gasteiger partial charge on any atom is -0.822 e. The molecular weight excluding hydrogens is 611 g/mol. The van der Waals surface area contributed by atoms with E-state index in [1.807, 2.05) is 0 Å². The van der Waals surface area contributed by atoms with Crippen LogP contribution in [0.3, 0.4) is 0 Å². The fourth-order valence-electron chi connectivity index (χ4n) is 5.13. The second-order valence-electron chi connectivity index (χ2n) is 12.7. The van der Waals surface area contributed by atoms with Gasteiger partial charge in [0.1, 0.15) is 37.2 Å². The van der Waals surface area contributed by atoms with E-state index in [-0.39, 0.29) is 0 Å². The molecule has 3 aromatic rings. The molecule has 47 heavy (non-hydrogen) atoms. The Labute approximate surface area is 287 Å². The molecule has 0 spiro atoms. The fraction of sp³-hybridized carbons (Fsp3) is 0.750. The van der Waals surface area contributed by atoms with E-state index >= 15 is 0 Å². The van der Waals surface area contributed by atoms with Crippen LogP contribution in [0, 0.1) is 0 Å². The van der Waals surface area contributed by atoms with Crippen molar-refractivity contribution in [3.05, 3.63) is 56.2 Å². The van der Waals surface area contributed by atoms with Crippen molar-refractivity contribution in [3.8, 4) is 0 Å². The van der Waals surface area contributed by atoms with Gasteiger partial charge in [0.15, 0.2) is 0 Å². The van der Waals surface area contributed by atoms with Crippen LogP contribution in [0.15, 0.2) is 56.2 Å². The van der Waals surface area contributed by atoms with Gasteiger partial charge in [0.2, 0.25) is 19.0 Å². The van der Waals surface area contributed by atoms with Gasteiger partial charge >= 0.3 is 0 Å². The number of aromatic nitrogens is 6. The molecule has 10 nitrogen and oxygen atoms in total. The third kappa shape index (κ3) is 32.1. The van der Waals surface area contributed by atoms with Gasteiger partial charge in [-0.15, -0.1) is 0 Å². The third-order valence-electron chi connectivity index (χ3n) is 7.78. The lowest BCUT2D eigenvalue weighted by Gasteiger charge is -2.36. The number of phosphoric acid groups is 1. The number of imidazole rings is 3. The minimum atomic E-state index is -5.39. The van der Waals surface area contributed by atoms with Crippen LogP contribution in [0.1, 0.15) is 136 Å². The third-order valence-corrected chi connectivity index (χ3v) is 7.78. The lowest BCUT2D eigenvalue weighted by Crippen LogP contribution is -2.30. The quantitative estimate of drug-likeness (QED) is 0.0875. The normalized spacial score (nSPS) is 10.8. The van der Waals surface area contributed by atoms with E-state index in [1.54, 1.807) is 0 Å². The van der Waals surface area contributed by atoms with E-state index in [2.05, 4.69) is 125 Å². The van der Waals surface area contributed by atoms with Gasteiger partial charge in [0.05, 0.1) is 40.8 Å². The van der Waals surface area contributed by atoms with Crippen molar-refractivity contribution >= 4 is 7.82 Å². The van der Waals surface area contributed by atoms with Crippen molar-refractivity contribution in [2.75, 3.05) is 0 Å². The Morgan fingerprint density at radius 1 is 0.447 bits per heavy atom. The summed E-state index contributed by atoms with van der Waals surface area (Å²) in [6.07, 6.45) is 43.9. The smallest absolute Gasteiger partial charge is 0.243 e. The monoisotopic (exact) mass is 681 g/mol. The average Bonchev–Trinajstić information content (AvgIpc) is 3.75. The summed E-state index contributed by atoms with van der Waals surface area (Å²) in [5, 5.41) is 0. The second kappa shape index (κ2) is 29.8. The van der Waals surface area contributed by atoms with Crippen molar-refractivity contribution in [1.29, 1.82) is 0 Å². The van der Waals surface area contributed by atoms with E-state index in [0.717, 1.165) is 0 Å². The molecule has 0 aliphatic rings. The number of nitrogens with zero attached hydrogens (tertiary/aromatic N) is 6. The maximum Gasteiger partial charge on any atom is 0.243 e. The Kier molecular flexibility index (Phi) is 28.4. The highest BCUT2D eigenvalue weighted by atomic mass is 31.2. The molecule has 0 fully saturated rings. The van der Waals surface area contributed by atoms with Crippen LogP contribution < -0.4 is 28.4 Å². The van der Waals surface area contributed by atoms with Gasteiger partial charge in [-0.3, -0.25) is 0 Å². The van der Waals surface area contributed by atoms with Crippen LogP contribution in [0.4, 0.5) is 0 Å². The molecule has 272 valence electrons. The summed E-state index contributed by atoms with van der Waals surface area (Å²) in [4.78, 5) is 25.6. The van der Waals surface area contributed by atoms with Crippen LogP contribution in [0.5, 0.6) is 0 Å². The summed E-state index contributed by atoms with van der Waals surface area (Å²) in [7, 11) is 0.813. The predicted molar refractivity (Wildman–Crippen MR) is 185 cm³/mol. The topological polar surface area (TPSA) is 113 Å². The summed E-state index contributed by atoms with van der Waals surface area (Å²) < 4.78 is 21.6. The first kappa shape index (κ1) is 44.7. The average molecular weight is 681 g/mol. The number of aryl methyl sites for hydroxylation is 6. The van der Waals surface area contributed by atoms with Gasteiger partial charge in [0.25, 0.3) is 0 Å². The van der Waals surface area contributed by atoms with E-state index < -0.39 is 7.82 Å². The lowest BCUT2D eigenvalue weighted by atomic mass is 10.1. The second-order valence-corrected chi connectivity index (χ2v) is 13.6. The molecule has 3 heterocycles. The van der Waals surface area contributed by atoms with Gasteiger partial charge < -0.3 is 19.2 Å². The first-order valence-electron chi connectivity index (χ1n) is 18.2. The Morgan fingerprint density at radius 3 is 0.851 bits per heavy atom. The number of rotatable bonds is 21. The van der Waals surface area contributed by atoms with Gasteiger partial charge in [-0.05, 0) is 38.5 Å². The molecule has 0 aliphatic heterocycles. The van der Waals surface area contributed by atoms with Gasteiger partial charge in [-0.2, -0.15) is 7.82 Å². The van der Waals surface area contributed by atoms with Crippen molar-refractivity contribution in [3.63, 3.8) is 0 Å². The van der Waals surface area contributed by atoms with Crippen LogP contribution in [0.25, 0.3) is 0 Å². The number of hydrogen-bond donors (Lipinski definition) is 0. The SMILES string of the molecule is CCCCCCCC[n+]1ccn(C)c1.CCCCCCCC[n+]1ccn(C)c1.CCCCCCCC[n+]1ccn(C)c1.O=P([O-])([O-])[O-]. The van der Waals surface area contributed by atoms with Crippen molar-refractivity contribution in [2.45, 2.75) is 156 Å². The van der Waals surface area contributed by atoms with Crippen LogP contribution in [0.2, 0.25) is 0 Å². The van der Waals surface area contributed by atoms with E-state index in [1.165, 1.54) is 135 Å². The molecule has 11 heteroatoms. The fourth-order valence-corrected chi connectivity index (χ4v) is 5.13. The molecule has 0 saturated carbocycles. The van der Waals surface area contributed by atoms with Crippen molar-refractivity contribution < 1.29 is 32.9 Å². The van der Waals surface area contributed by atoms with Crippen LogP contribution in [-0.2, 0) is 45.3 Å². The first-order chi connectivity index (χ1) is 22.5. The van der Waals surface area contributed by atoms with E-state index in [4.69, 9.17) is 19.2 Å². The summed E-state index contributed by atoms with van der Waals surface area (Å²) in [6.45, 7) is 10.3. The largest absolute Gasteiger partial charge is 0.822 e. The Bertz CT molecular complexity index is 1010. The van der Waals surface area contributed by atoms with E-state index in [9.17, 15) is 0 Å². The number of hydrogen-bond acceptors (Lipinski definition) is 4. The maximum atomic E-state index is 8.55. The minimum absolute atomic E-state index is 1.17. The molecule has 0 N–H and O–H groups in total. The van der Waals surface area contributed by atoms with Crippen molar-refractivity contribution in [2.24, 2.45) is 21.1 Å². The molecule has 0 aliphatic carbocycles. The molecule has 0 unspecified atom stereocenters. The maximum absolute atomic E-state index is 8.55. The van der Waals surface area contributed by atoms with Gasteiger partial charge in [0, 0.05) is 0 Å². The molecule has 3 rings (SSSR count). The predicted octanol–water partition coefficient (Wildman–Crippen LogP) is 5.19. The zero-order valence-electron chi connectivity index (χ0n) is 30.8. The highest BCUT2D eigenvalue weighted by molar-refractivity contribution is 7.40. The zero-order valence-corrected chi connectivity index (χ0v) is 31.7. The summed E-state index contributed by atoms with van der Waals surface area (Å²) in [5.74, 6) is 0. The zero-order chi connectivity index (χ0) is 35.2. The summed E-state index contributed by atoms with van der Waals surface area (Å²) in [6, 6.07) is 0. The number of unbranched alkanes of at least 4 members (excludes halogenated alkanes) is 15. The van der Waals surface area contributed by atoms with E-state index in [0.29, 0.717) is 0 Å². The molecule has 0 radical (unpaired) electrons. The molecule has 0 aromatic carbocycles. The lowest BCUT2D eigenvalue weighted by molar-refractivity contribution is -0.697. The first-order valence-corrected chi connectivity index (χ1v) is 19.7. The molecule has 0 amide bonds. The van der Waals surface area contributed by atoms with Crippen LogP contribution in [-0.4, -0.2) is 13.7 Å². The highest BCUT2D eigenvalue weighted by Crippen LogP contribution is 2.06. The molecule has 3 aromatic heterocycles. The Balaban J connectivity index is 0.000000629. The Hall–Kier alpha value is -2.26. The van der Waals surface area contributed by atoms with Crippen molar-refractivity contribution in [1.82, 2.24) is 13.7 Å². The van der Waals surface area contributed by atoms with Gasteiger partial charge in [-0.1, -0.05) is 97.8 Å². The Morgan fingerprint density at radius 2 is 0.660 bits per heavy atom. The van der Waals surface area contributed by atoms with Gasteiger partial charge in [-0.25, -0.2) is 27.4 Å². The standard InChI is InChI=1S/3C12H23N2.H3O4P/c3*1-3-4-5-6-7-8-9-14-11-10-13(2)12-14;1-5(2,3)4/h3*10-12H,3-9H2,1-2H3;(H3,1,2,3,4)/q3*+1;/p-3. The molecule has 0 bridgehead atoms. The molecule has 0 saturated heterocycles. The molecule has 0 atom stereocenters. The molecular formula is C36H69N6O4P. The summed E-state index contributed by atoms with van der Waals surface area (Å²) >= 11 is 0. The summed E-state index contributed by atoms with van der Waals surface area (Å²) in [5.41, 5.74) is 0. The highest BCUT2D eigenvalue weighted by Gasteiger charge is 2.01.